The molecular weight excluding hydrogens is 240 g/mol. The van der Waals surface area contributed by atoms with E-state index in [4.69, 9.17) is 0 Å². The summed E-state index contributed by atoms with van der Waals surface area (Å²) in [5.74, 6) is 0.519. The van der Waals surface area contributed by atoms with Crippen LogP contribution in [0.15, 0.2) is 18.5 Å². The van der Waals surface area contributed by atoms with Gasteiger partial charge in [0.05, 0.1) is 5.56 Å². The number of aromatic nitrogens is 1. The van der Waals surface area contributed by atoms with E-state index < -0.39 is 0 Å². The van der Waals surface area contributed by atoms with E-state index >= 15 is 0 Å². The van der Waals surface area contributed by atoms with Crippen LogP contribution in [0.2, 0.25) is 0 Å². The Labute approximate surface area is 114 Å². The maximum absolute atomic E-state index is 12.1. The smallest absolute Gasteiger partial charge is 0.254 e. The van der Waals surface area contributed by atoms with Crippen molar-refractivity contribution in [2.45, 2.75) is 13.3 Å². The molecular formula is C14H22N4O. The molecule has 2 heterocycles. The topological polar surface area (TPSA) is 57.3 Å². The van der Waals surface area contributed by atoms with Crippen molar-refractivity contribution in [1.29, 1.82) is 0 Å². The molecule has 1 aromatic heterocycles. The molecule has 2 rings (SSSR count). The first-order valence-corrected chi connectivity index (χ1v) is 6.87. The van der Waals surface area contributed by atoms with Crippen LogP contribution in [0, 0.1) is 5.92 Å². The van der Waals surface area contributed by atoms with Crippen molar-refractivity contribution in [3.05, 3.63) is 24.0 Å². The number of anilines is 1. The molecule has 1 aliphatic heterocycles. The largest absolute Gasteiger partial charge is 0.387 e. The van der Waals surface area contributed by atoms with Crippen LogP contribution < -0.4 is 10.6 Å². The summed E-state index contributed by atoms with van der Waals surface area (Å²) in [6.45, 7) is 6.24. The van der Waals surface area contributed by atoms with Gasteiger partial charge in [0, 0.05) is 38.2 Å². The zero-order valence-electron chi connectivity index (χ0n) is 11.6. The number of hydrogen-bond acceptors (Lipinski definition) is 4. The number of carbonyl (C=O) groups excluding carboxylic acids is 1. The summed E-state index contributed by atoms with van der Waals surface area (Å²) in [5, 5.41) is 6.03. The third kappa shape index (κ3) is 3.44. The Bertz CT molecular complexity index is 435. The monoisotopic (exact) mass is 262 g/mol. The van der Waals surface area contributed by atoms with Gasteiger partial charge in [-0.15, -0.1) is 0 Å². The quantitative estimate of drug-likeness (QED) is 0.837. The van der Waals surface area contributed by atoms with E-state index in [0.717, 1.165) is 31.9 Å². The normalized spacial score (nSPS) is 19.4. The summed E-state index contributed by atoms with van der Waals surface area (Å²) in [7, 11) is 1.81. The highest BCUT2D eigenvalue weighted by Gasteiger charge is 2.22. The highest BCUT2D eigenvalue weighted by Crippen LogP contribution is 2.16. The van der Waals surface area contributed by atoms with E-state index in [0.29, 0.717) is 11.5 Å². The fourth-order valence-corrected chi connectivity index (χ4v) is 2.49. The lowest BCUT2D eigenvalue weighted by molar-refractivity contribution is 0.0948. The minimum absolute atomic E-state index is 0.0487. The van der Waals surface area contributed by atoms with Crippen LogP contribution in [-0.4, -0.2) is 49.0 Å². The summed E-state index contributed by atoms with van der Waals surface area (Å²) < 4.78 is 0. The average molecular weight is 262 g/mol. The minimum atomic E-state index is -0.0487. The fourth-order valence-electron chi connectivity index (χ4n) is 2.49. The highest BCUT2D eigenvalue weighted by atomic mass is 16.1. The predicted octanol–water partition coefficient (Wildman–Crippen LogP) is 1.19. The van der Waals surface area contributed by atoms with Crippen molar-refractivity contribution < 1.29 is 4.79 Å². The molecule has 0 radical (unpaired) electrons. The average Bonchev–Trinajstić information content (AvgIpc) is 2.92. The molecule has 0 aromatic carbocycles. The zero-order valence-corrected chi connectivity index (χ0v) is 11.6. The number of nitrogens with one attached hydrogen (secondary N) is 2. The number of pyridine rings is 1. The third-order valence-corrected chi connectivity index (χ3v) is 3.70. The Kier molecular flexibility index (Phi) is 4.74. The lowest BCUT2D eigenvalue weighted by Crippen LogP contribution is -2.31. The Morgan fingerprint density at radius 2 is 2.42 bits per heavy atom. The van der Waals surface area contributed by atoms with Crippen molar-refractivity contribution in [3.8, 4) is 0 Å². The Balaban J connectivity index is 1.88. The molecule has 5 nitrogen and oxygen atoms in total. The summed E-state index contributed by atoms with van der Waals surface area (Å²) in [4.78, 5) is 18.6. The SMILES string of the molecule is CCN1CCC(CNC(=O)c2cnccc2NC)C1. The second-order valence-electron chi connectivity index (χ2n) is 4.93. The first-order chi connectivity index (χ1) is 9.24. The third-order valence-electron chi connectivity index (χ3n) is 3.70. The molecule has 2 N–H and O–H groups in total. The number of likely N-dealkylation sites (tertiary alicyclic amines) is 1. The molecule has 1 aliphatic rings. The molecule has 0 aliphatic carbocycles. The van der Waals surface area contributed by atoms with Crippen molar-refractivity contribution >= 4 is 11.6 Å². The standard InChI is InChI=1S/C14H22N4O/c1-3-18-7-5-11(10-18)8-17-14(19)12-9-16-6-4-13(12)15-2/h4,6,9,11H,3,5,7-8,10H2,1-2H3,(H,15,16)(H,17,19). The van der Waals surface area contributed by atoms with Crippen LogP contribution in [0.3, 0.4) is 0 Å². The van der Waals surface area contributed by atoms with Gasteiger partial charge in [-0.25, -0.2) is 0 Å². The summed E-state index contributed by atoms with van der Waals surface area (Å²) in [6, 6.07) is 1.81. The number of carbonyl (C=O) groups is 1. The number of rotatable bonds is 5. The van der Waals surface area contributed by atoms with Crippen LogP contribution in [0.5, 0.6) is 0 Å². The van der Waals surface area contributed by atoms with Crippen LogP contribution in [0.4, 0.5) is 5.69 Å². The van der Waals surface area contributed by atoms with Crippen LogP contribution in [-0.2, 0) is 0 Å². The summed E-state index contributed by atoms with van der Waals surface area (Å²) >= 11 is 0. The number of nitrogens with zero attached hydrogens (tertiary/aromatic N) is 2. The molecule has 1 unspecified atom stereocenters. The van der Waals surface area contributed by atoms with E-state index in [2.05, 4.69) is 27.4 Å². The molecule has 104 valence electrons. The fraction of sp³-hybridized carbons (Fsp3) is 0.571. The Morgan fingerprint density at radius 3 is 3.11 bits per heavy atom. The molecule has 5 heteroatoms. The maximum atomic E-state index is 12.1. The Hall–Kier alpha value is -1.62. The molecule has 0 saturated carbocycles. The molecule has 1 amide bonds. The molecule has 0 spiro atoms. The maximum Gasteiger partial charge on any atom is 0.254 e. The van der Waals surface area contributed by atoms with Crippen molar-refractivity contribution in [3.63, 3.8) is 0 Å². The van der Waals surface area contributed by atoms with E-state index in [1.165, 1.54) is 6.42 Å². The van der Waals surface area contributed by atoms with Crippen LogP contribution in [0.1, 0.15) is 23.7 Å². The molecule has 0 bridgehead atoms. The summed E-state index contributed by atoms with van der Waals surface area (Å²) in [5.41, 5.74) is 1.42. The van der Waals surface area contributed by atoms with Crippen LogP contribution >= 0.6 is 0 Å². The lowest BCUT2D eigenvalue weighted by atomic mass is 10.1. The van der Waals surface area contributed by atoms with E-state index in [1.807, 2.05) is 13.1 Å². The van der Waals surface area contributed by atoms with E-state index in [1.54, 1.807) is 12.4 Å². The van der Waals surface area contributed by atoms with Crippen LogP contribution in [0.25, 0.3) is 0 Å². The molecule has 1 atom stereocenters. The van der Waals surface area contributed by atoms with Crippen molar-refractivity contribution in [2.75, 3.05) is 38.5 Å². The highest BCUT2D eigenvalue weighted by molar-refractivity contribution is 5.99. The minimum Gasteiger partial charge on any atom is -0.387 e. The zero-order chi connectivity index (χ0) is 13.7. The van der Waals surface area contributed by atoms with Gasteiger partial charge in [0.2, 0.25) is 0 Å². The second kappa shape index (κ2) is 6.52. The first-order valence-electron chi connectivity index (χ1n) is 6.87. The van der Waals surface area contributed by atoms with E-state index in [9.17, 15) is 4.79 Å². The van der Waals surface area contributed by atoms with Gasteiger partial charge in [-0.1, -0.05) is 6.92 Å². The van der Waals surface area contributed by atoms with Gasteiger partial charge in [-0.05, 0) is 31.5 Å². The Morgan fingerprint density at radius 1 is 1.58 bits per heavy atom. The molecule has 1 saturated heterocycles. The van der Waals surface area contributed by atoms with Gasteiger partial charge in [0.25, 0.3) is 5.91 Å². The number of hydrogen-bond donors (Lipinski definition) is 2. The van der Waals surface area contributed by atoms with Gasteiger partial charge < -0.3 is 15.5 Å². The van der Waals surface area contributed by atoms with Crippen molar-refractivity contribution in [2.24, 2.45) is 5.92 Å². The van der Waals surface area contributed by atoms with Gasteiger partial charge in [0.1, 0.15) is 0 Å². The number of amides is 1. The van der Waals surface area contributed by atoms with Gasteiger partial charge >= 0.3 is 0 Å². The van der Waals surface area contributed by atoms with Gasteiger partial charge in [0.15, 0.2) is 0 Å². The molecule has 1 aromatic rings. The van der Waals surface area contributed by atoms with Gasteiger partial charge in [-0.2, -0.15) is 0 Å². The predicted molar refractivity (Wildman–Crippen MR) is 76.3 cm³/mol. The molecule has 1 fully saturated rings. The molecule has 19 heavy (non-hydrogen) atoms. The first kappa shape index (κ1) is 13.8. The summed E-state index contributed by atoms with van der Waals surface area (Å²) in [6.07, 6.45) is 4.45. The van der Waals surface area contributed by atoms with Crippen molar-refractivity contribution in [1.82, 2.24) is 15.2 Å². The lowest BCUT2D eigenvalue weighted by Gasteiger charge is -2.14. The van der Waals surface area contributed by atoms with Gasteiger partial charge in [-0.3, -0.25) is 9.78 Å². The second-order valence-corrected chi connectivity index (χ2v) is 4.93. The van der Waals surface area contributed by atoms with E-state index in [-0.39, 0.29) is 5.91 Å².